The molecule has 0 unspecified atom stereocenters. The van der Waals surface area contributed by atoms with E-state index in [1.807, 2.05) is 6.07 Å². The largest absolute Gasteiger partial charge is 0.465 e. The first-order valence-electron chi connectivity index (χ1n) is 7.07. The zero-order chi connectivity index (χ0) is 17.8. The molecule has 0 saturated heterocycles. The van der Waals surface area contributed by atoms with E-state index < -0.39 is 23.3 Å². The van der Waals surface area contributed by atoms with Gasteiger partial charge in [0.25, 0.3) is 0 Å². The first-order valence-corrected chi connectivity index (χ1v) is 7.95. The second kappa shape index (κ2) is 6.96. The Morgan fingerprint density at radius 1 is 1.39 bits per heavy atom. The lowest BCUT2D eigenvalue weighted by molar-refractivity contribution is 0.00661. The van der Waals surface area contributed by atoms with Gasteiger partial charge in [0, 0.05) is 11.8 Å². The van der Waals surface area contributed by atoms with Crippen molar-refractivity contribution in [3.8, 4) is 6.07 Å². The molecule has 7 nitrogen and oxygen atoms in total. The molecule has 0 aliphatic carbocycles. The van der Waals surface area contributed by atoms with E-state index in [2.05, 4.69) is 4.98 Å². The molecule has 0 fully saturated rings. The summed E-state index contributed by atoms with van der Waals surface area (Å²) in [7, 11) is 0. The maximum Gasteiger partial charge on any atom is 0.420 e. The third-order valence-electron chi connectivity index (χ3n) is 2.99. The highest BCUT2D eigenvalue weighted by atomic mass is 32.1. The fourth-order valence-electron chi connectivity index (χ4n) is 1.89. The summed E-state index contributed by atoms with van der Waals surface area (Å²) in [5.41, 5.74) is -1.41. The number of carbonyl (C=O) groups is 2. The Balaban J connectivity index is 2.85. The number of nitrogens with zero attached hydrogens (tertiary/aromatic N) is 3. The van der Waals surface area contributed by atoms with Crippen molar-refractivity contribution >= 4 is 23.5 Å². The van der Waals surface area contributed by atoms with E-state index in [1.165, 1.54) is 11.3 Å². The van der Waals surface area contributed by atoms with Gasteiger partial charge in [-0.15, -0.1) is 11.3 Å². The summed E-state index contributed by atoms with van der Waals surface area (Å²) < 4.78 is 5.17. The first kappa shape index (κ1) is 18.9. The lowest BCUT2D eigenvalue weighted by atomic mass is 9.97. The maximum atomic E-state index is 12.2. The van der Waals surface area contributed by atoms with E-state index in [-0.39, 0.29) is 0 Å². The molecule has 0 radical (unpaired) electrons. The third-order valence-corrected chi connectivity index (χ3v) is 3.90. The molecule has 1 heterocycles. The number of imide groups is 1. The van der Waals surface area contributed by atoms with E-state index >= 15 is 0 Å². The maximum absolute atomic E-state index is 12.2. The number of amides is 2. The van der Waals surface area contributed by atoms with Gasteiger partial charge in [0.15, 0.2) is 5.69 Å². The summed E-state index contributed by atoms with van der Waals surface area (Å²) in [4.78, 5) is 28.5. The van der Waals surface area contributed by atoms with Gasteiger partial charge in [-0.3, -0.25) is 0 Å². The molecular weight excluding hydrogens is 318 g/mol. The fraction of sp³-hybridized carbons (Fsp3) is 0.600. The van der Waals surface area contributed by atoms with Crippen LogP contribution in [0.5, 0.6) is 0 Å². The Hall–Kier alpha value is -2.14. The van der Waals surface area contributed by atoms with E-state index in [4.69, 9.17) is 10.00 Å². The van der Waals surface area contributed by atoms with Crippen LogP contribution in [-0.2, 0) is 11.2 Å². The number of hydrogen-bond donors (Lipinski definition) is 1. The Bertz CT molecular complexity index is 625. The summed E-state index contributed by atoms with van der Waals surface area (Å²) in [6, 6.07) is 1.95. The summed E-state index contributed by atoms with van der Waals surface area (Å²) in [5.74, 6) is 0. The number of aryl methyl sites for hydroxylation is 1. The van der Waals surface area contributed by atoms with Crippen molar-refractivity contribution in [1.29, 1.82) is 5.26 Å². The van der Waals surface area contributed by atoms with Crippen LogP contribution in [0.4, 0.5) is 9.59 Å². The van der Waals surface area contributed by atoms with Crippen molar-refractivity contribution in [3.63, 3.8) is 0 Å². The van der Waals surface area contributed by atoms with E-state index in [9.17, 15) is 14.7 Å². The predicted molar refractivity (Wildman–Crippen MR) is 85.3 cm³/mol. The van der Waals surface area contributed by atoms with Crippen molar-refractivity contribution in [2.75, 3.05) is 0 Å². The van der Waals surface area contributed by atoms with Crippen molar-refractivity contribution in [3.05, 3.63) is 16.1 Å². The Morgan fingerprint density at radius 2 is 2.00 bits per heavy atom. The Labute approximate surface area is 139 Å². The zero-order valence-electron chi connectivity index (χ0n) is 13.9. The van der Waals surface area contributed by atoms with Gasteiger partial charge >= 0.3 is 12.2 Å². The molecule has 1 N–H and O–H groups in total. The second-order valence-corrected chi connectivity index (χ2v) is 7.59. The van der Waals surface area contributed by atoms with Gasteiger partial charge in [-0.05, 0) is 41.0 Å². The number of aromatic nitrogens is 1. The van der Waals surface area contributed by atoms with E-state index in [0.29, 0.717) is 23.4 Å². The molecule has 0 atom stereocenters. The summed E-state index contributed by atoms with van der Waals surface area (Å²) in [6.07, 6.45) is -1.42. The van der Waals surface area contributed by atoms with Gasteiger partial charge in [0.05, 0.1) is 10.5 Å². The molecule has 0 aromatic carbocycles. The highest BCUT2D eigenvalue weighted by molar-refractivity contribution is 7.09. The molecule has 0 aliphatic heterocycles. The minimum absolute atomic E-state index is 0.338. The first-order chi connectivity index (χ1) is 10.5. The lowest BCUT2D eigenvalue weighted by Crippen LogP contribution is -2.52. The number of thiazole rings is 1. The molecule has 126 valence electrons. The van der Waals surface area contributed by atoms with Crippen molar-refractivity contribution in [2.45, 2.75) is 58.6 Å². The van der Waals surface area contributed by atoms with Crippen LogP contribution in [0, 0.1) is 11.3 Å². The molecule has 1 aromatic rings. The van der Waals surface area contributed by atoms with Crippen LogP contribution in [0.2, 0.25) is 0 Å². The second-order valence-electron chi connectivity index (χ2n) is 6.65. The molecule has 23 heavy (non-hydrogen) atoms. The van der Waals surface area contributed by atoms with Crippen LogP contribution in [0.25, 0.3) is 0 Å². The van der Waals surface area contributed by atoms with Crippen LogP contribution >= 0.6 is 11.3 Å². The van der Waals surface area contributed by atoms with Gasteiger partial charge in [-0.1, -0.05) is 0 Å². The standard InChI is InChI=1S/C15H21N3O4S/c1-14(2,3)22-13(21)18(12(19)20)15(4,5)7-6-11-17-10(8-16)9-23-11/h9H,6-7H2,1-5H3,(H,19,20). The van der Waals surface area contributed by atoms with E-state index in [0.717, 1.165) is 5.01 Å². The summed E-state index contributed by atoms with van der Waals surface area (Å²) in [6.45, 7) is 8.35. The van der Waals surface area contributed by atoms with Crippen LogP contribution in [0.15, 0.2) is 5.38 Å². The third kappa shape index (κ3) is 5.53. The van der Waals surface area contributed by atoms with Crippen molar-refractivity contribution < 1.29 is 19.4 Å². The number of hydrogen-bond acceptors (Lipinski definition) is 6. The molecule has 0 saturated carbocycles. The van der Waals surface area contributed by atoms with Crippen LogP contribution < -0.4 is 0 Å². The van der Waals surface area contributed by atoms with Crippen LogP contribution in [0.3, 0.4) is 0 Å². The number of carboxylic acid groups (broad SMARTS) is 1. The van der Waals surface area contributed by atoms with Crippen molar-refractivity contribution in [2.24, 2.45) is 0 Å². The predicted octanol–water partition coefficient (Wildman–Crippen LogP) is 3.64. The molecule has 8 heteroatoms. The van der Waals surface area contributed by atoms with Crippen LogP contribution in [0.1, 0.15) is 51.7 Å². The number of nitriles is 1. The molecule has 0 aliphatic rings. The normalized spacial score (nSPS) is 11.7. The average Bonchev–Trinajstić information content (AvgIpc) is 2.81. The van der Waals surface area contributed by atoms with Gasteiger partial charge in [-0.25, -0.2) is 19.5 Å². The number of rotatable bonds is 4. The Morgan fingerprint density at radius 3 is 2.43 bits per heavy atom. The summed E-state index contributed by atoms with van der Waals surface area (Å²) >= 11 is 1.34. The van der Waals surface area contributed by atoms with Crippen LogP contribution in [-0.4, -0.2) is 38.3 Å². The molecule has 2 amide bonds. The van der Waals surface area contributed by atoms with Gasteiger partial charge < -0.3 is 9.84 Å². The lowest BCUT2D eigenvalue weighted by Gasteiger charge is -2.35. The molecular formula is C15H21N3O4S. The monoisotopic (exact) mass is 339 g/mol. The minimum Gasteiger partial charge on any atom is -0.465 e. The van der Waals surface area contributed by atoms with E-state index in [1.54, 1.807) is 40.0 Å². The molecule has 0 spiro atoms. The fourth-order valence-corrected chi connectivity index (χ4v) is 2.62. The van der Waals surface area contributed by atoms with Gasteiger partial charge in [0.2, 0.25) is 0 Å². The SMILES string of the molecule is CC(C)(C)OC(=O)N(C(=O)O)C(C)(C)CCc1nc(C#N)cs1. The topological polar surface area (TPSA) is 104 Å². The average molecular weight is 339 g/mol. The quantitative estimate of drug-likeness (QED) is 0.898. The molecule has 0 bridgehead atoms. The highest BCUT2D eigenvalue weighted by Crippen LogP contribution is 2.25. The van der Waals surface area contributed by atoms with Gasteiger partial charge in [0.1, 0.15) is 11.7 Å². The number of carbonyl (C=O) groups excluding carboxylic acids is 1. The minimum atomic E-state index is -1.36. The highest BCUT2D eigenvalue weighted by Gasteiger charge is 2.39. The smallest absolute Gasteiger partial charge is 0.420 e. The molecule has 1 aromatic heterocycles. The number of ether oxygens (including phenoxy) is 1. The zero-order valence-corrected chi connectivity index (χ0v) is 14.7. The van der Waals surface area contributed by atoms with Gasteiger partial charge in [-0.2, -0.15) is 5.26 Å². The summed E-state index contributed by atoms with van der Waals surface area (Å²) in [5, 5.41) is 20.5. The Kier molecular flexibility index (Phi) is 5.72. The van der Waals surface area contributed by atoms with Crippen molar-refractivity contribution in [1.82, 2.24) is 9.88 Å². The molecule has 1 rings (SSSR count).